The Morgan fingerprint density at radius 2 is 0.733 bits per heavy atom. The molecule has 6 rings (SSSR count). The lowest BCUT2D eigenvalue weighted by Crippen LogP contribution is -2.41. The number of hydrogen-bond donors (Lipinski definition) is 0. The van der Waals surface area contributed by atoms with Gasteiger partial charge in [-0.2, -0.15) is 0 Å². The van der Waals surface area contributed by atoms with E-state index in [9.17, 15) is 0 Å². The third kappa shape index (κ3) is 2.26. The van der Waals surface area contributed by atoms with Crippen LogP contribution in [0.15, 0.2) is 84.9 Å². The van der Waals surface area contributed by atoms with Gasteiger partial charge in [0.05, 0.1) is 0 Å². The Kier molecular flexibility index (Phi) is 3.64. The summed E-state index contributed by atoms with van der Waals surface area (Å²) in [5, 5.41) is 0. The Hall–Kier alpha value is -3.46. The maximum Gasteiger partial charge on any atom is 0.371 e. The molecule has 2 nitrogen and oxygen atoms in total. The highest BCUT2D eigenvalue weighted by Crippen LogP contribution is 2.51. The standard InChI is InChI=1S/C27H23BN2/c1-28-29(2)26-16-24-22-14-8-6-12-20(22)18-10-4-5-11-19(18)21-13-7-9-15-23(21)25(24)17-27(26)30(28)3/h4-17H,1-3H3. The van der Waals surface area contributed by atoms with E-state index in [0.717, 1.165) is 0 Å². The molecule has 1 aliphatic carbocycles. The average Bonchev–Trinajstić information content (AvgIpc) is 3.01. The number of anilines is 2. The molecule has 1 heterocycles. The van der Waals surface area contributed by atoms with Crippen molar-refractivity contribution in [3.63, 3.8) is 0 Å². The monoisotopic (exact) mass is 386 g/mol. The Balaban J connectivity index is 1.78. The van der Waals surface area contributed by atoms with Gasteiger partial charge in [0.2, 0.25) is 0 Å². The summed E-state index contributed by atoms with van der Waals surface area (Å²) in [5.41, 5.74) is 13.0. The highest BCUT2D eigenvalue weighted by Gasteiger charge is 2.34. The molecule has 2 aliphatic rings. The van der Waals surface area contributed by atoms with Crippen molar-refractivity contribution in [3.05, 3.63) is 84.9 Å². The number of hydrogen-bond acceptors (Lipinski definition) is 2. The van der Waals surface area contributed by atoms with Gasteiger partial charge in [-0.1, -0.05) is 72.8 Å². The van der Waals surface area contributed by atoms with Crippen LogP contribution in [-0.2, 0) is 0 Å². The van der Waals surface area contributed by atoms with Gasteiger partial charge < -0.3 is 9.62 Å². The van der Waals surface area contributed by atoms with Gasteiger partial charge in [0.15, 0.2) is 0 Å². The van der Waals surface area contributed by atoms with Gasteiger partial charge in [-0.3, -0.25) is 0 Å². The van der Waals surface area contributed by atoms with Crippen molar-refractivity contribution in [2.45, 2.75) is 6.82 Å². The summed E-state index contributed by atoms with van der Waals surface area (Å²) < 4.78 is 0. The Morgan fingerprint density at radius 1 is 0.467 bits per heavy atom. The molecule has 0 amide bonds. The molecule has 3 heteroatoms. The van der Waals surface area contributed by atoms with Crippen LogP contribution < -0.4 is 9.62 Å². The maximum absolute atomic E-state index is 2.40. The predicted molar refractivity (Wildman–Crippen MR) is 130 cm³/mol. The second-order valence-corrected chi connectivity index (χ2v) is 8.38. The highest BCUT2D eigenvalue weighted by molar-refractivity contribution is 6.68. The molecule has 0 aromatic heterocycles. The fraction of sp³-hybridized carbons (Fsp3) is 0.111. The highest BCUT2D eigenvalue weighted by atomic mass is 15.3. The van der Waals surface area contributed by atoms with Gasteiger partial charge in [0.1, 0.15) is 0 Å². The molecule has 0 unspecified atom stereocenters. The fourth-order valence-corrected chi connectivity index (χ4v) is 5.11. The SMILES string of the molecule is CB1N(C)c2cc3c(cc2N1C)-c1ccccc1-c1ccccc1-c1ccccc1-3. The quantitative estimate of drug-likeness (QED) is 0.274. The summed E-state index contributed by atoms with van der Waals surface area (Å²) in [7, 11) is 4.38. The molecule has 144 valence electrons. The summed E-state index contributed by atoms with van der Waals surface area (Å²) in [6.07, 6.45) is 0. The number of nitrogens with zero attached hydrogens (tertiary/aromatic N) is 2. The minimum absolute atomic E-state index is 0.343. The van der Waals surface area contributed by atoms with Crippen LogP contribution in [0, 0.1) is 0 Å². The van der Waals surface area contributed by atoms with Gasteiger partial charge in [-0.15, -0.1) is 0 Å². The van der Waals surface area contributed by atoms with Crippen molar-refractivity contribution in [2.75, 3.05) is 23.7 Å². The van der Waals surface area contributed by atoms with Crippen molar-refractivity contribution in [1.29, 1.82) is 0 Å². The molecule has 4 aromatic carbocycles. The minimum atomic E-state index is 0.343. The van der Waals surface area contributed by atoms with Crippen LogP contribution in [0.5, 0.6) is 0 Å². The molecule has 1 aliphatic heterocycles. The number of rotatable bonds is 0. The van der Waals surface area contributed by atoms with Crippen LogP contribution in [-0.4, -0.2) is 21.1 Å². The zero-order chi connectivity index (χ0) is 20.4. The lowest BCUT2D eigenvalue weighted by atomic mass is 9.78. The zero-order valence-corrected chi connectivity index (χ0v) is 17.6. The number of benzene rings is 4. The molecule has 0 radical (unpaired) electrons. The first-order valence-electron chi connectivity index (χ1n) is 10.6. The first kappa shape index (κ1) is 17.4. The van der Waals surface area contributed by atoms with Gasteiger partial charge in [-0.25, -0.2) is 0 Å². The smallest absolute Gasteiger partial charge is 0.371 e. The molecule has 0 bridgehead atoms. The summed E-state index contributed by atoms with van der Waals surface area (Å²) in [5.74, 6) is 0. The van der Waals surface area contributed by atoms with Crippen LogP contribution in [0.25, 0.3) is 44.5 Å². The van der Waals surface area contributed by atoms with E-state index in [1.54, 1.807) is 0 Å². The predicted octanol–water partition coefficient (Wildman–Crippen LogP) is 6.67. The molecule has 0 fully saturated rings. The first-order valence-corrected chi connectivity index (χ1v) is 10.6. The largest absolute Gasteiger partial charge is 0.397 e. The first-order chi connectivity index (χ1) is 14.6. The van der Waals surface area contributed by atoms with Crippen LogP contribution in [0.3, 0.4) is 0 Å². The van der Waals surface area contributed by atoms with E-state index in [1.807, 2.05) is 0 Å². The van der Waals surface area contributed by atoms with E-state index in [-0.39, 0.29) is 0 Å². The molecule has 0 saturated heterocycles. The third-order valence-corrected chi connectivity index (χ3v) is 6.94. The van der Waals surface area contributed by atoms with Crippen molar-refractivity contribution in [1.82, 2.24) is 0 Å². The fourth-order valence-electron chi connectivity index (χ4n) is 5.11. The number of fused-ring (bicyclic) bond motifs is 9. The van der Waals surface area contributed by atoms with Gasteiger partial charge in [0, 0.05) is 11.4 Å². The van der Waals surface area contributed by atoms with Crippen molar-refractivity contribution < 1.29 is 0 Å². The summed E-state index contributed by atoms with van der Waals surface area (Å²) in [6.45, 7) is 2.60. The molecular weight excluding hydrogens is 363 g/mol. The Labute approximate surface area is 178 Å². The molecule has 4 aromatic rings. The lowest BCUT2D eigenvalue weighted by molar-refractivity contribution is 1.29. The van der Waals surface area contributed by atoms with E-state index in [0.29, 0.717) is 6.98 Å². The Bertz CT molecular complexity index is 1210. The normalized spacial score (nSPS) is 13.6. The molecule has 30 heavy (non-hydrogen) atoms. The lowest BCUT2D eigenvalue weighted by Gasteiger charge is -2.24. The zero-order valence-electron chi connectivity index (χ0n) is 17.6. The van der Waals surface area contributed by atoms with Crippen molar-refractivity contribution >= 4 is 18.4 Å². The molecule has 0 N–H and O–H groups in total. The van der Waals surface area contributed by atoms with Gasteiger partial charge in [0.25, 0.3) is 0 Å². The summed E-state index contributed by atoms with van der Waals surface area (Å²) >= 11 is 0. The van der Waals surface area contributed by atoms with E-state index in [2.05, 4.69) is 115 Å². The molecule has 0 saturated carbocycles. The second kappa shape index (κ2) is 6.27. The van der Waals surface area contributed by atoms with Crippen molar-refractivity contribution in [3.8, 4) is 44.5 Å². The molecular formula is C27H23BN2. The van der Waals surface area contributed by atoms with E-state index in [1.165, 1.54) is 55.9 Å². The van der Waals surface area contributed by atoms with E-state index in [4.69, 9.17) is 0 Å². The van der Waals surface area contributed by atoms with Gasteiger partial charge in [-0.05, 0) is 77.6 Å². The summed E-state index contributed by atoms with van der Waals surface area (Å²) in [4.78, 5) is 4.74. The van der Waals surface area contributed by atoms with E-state index >= 15 is 0 Å². The summed E-state index contributed by atoms with van der Waals surface area (Å²) in [6, 6.07) is 31.3. The molecule has 0 spiro atoms. The second-order valence-electron chi connectivity index (χ2n) is 8.38. The third-order valence-electron chi connectivity index (χ3n) is 6.94. The van der Waals surface area contributed by atoms with E-state index < -0.39 is 0 Å². The maximum atomic E-state index is 2.40. The van der Waals surface area contributed by atoms with Crippen LogP contribution in [0.4, 0.5) is 11.4 Å². The van der Waals surface area contributed by atoms with Crippen molar-refractivity contribution in [2.24, 2.45) is 0 Å². The Morgan fingerprint density at radius 3 is 1.03 bits per heavy atom. The van der Waals surface area contributed by atoms with Gasteiger partial charge >= 0.3 is 6.98 Å². The molecule has 0 atom stereocenters. The van der Waals surface area contributed by atoms with Crippen LogP contribution in [0.2, 0.25) is 6.82 Å². The van der Waals surface area contributed by atoms with Crippen LogP contribution >= 0.6 is 0 Å². The average molecular weight is 386 g/mol. The topological polar surface area (TPSA) is 6.48 Å². The minimum Gasteiger partial charge on any atom is -0.397 e. The van der Waals surface area contributed by atoms with Crippen LogP contribution in [0.1, 0.15) is 0 Å².